The number of hydrogen-bond donors (Lipinski definition) is 3. The lowest BCUT2D eigenvalue weighted by Gasteiger charge is -2.27. The molecule has 3 rings (SSSR count). The fourth-order valence-electron chi connectivity index (χ4n) is 4.99. The van der Waals surface area contributed by atoms with Crippen molar-refractivity contribution in [3.8, 4) is 5.75 Å². The molecule has 2 aromatic carbocycles. The van der Waals surface area contributed by atoms with Crippen molar-refractivity contribution in [2.75, 3.05) is 13.2 Å². The molecular formula is C34H48FN3O4. The lowest BCUT2D eigenvalue weighted by atomic mass is 9.97. The van der Waals surface area contributed by atoms with Gasteiger partial charge in [0.15, 0.2) is 0 Å². The number of halogens is 1. The maximum atomic E-state index is 13.6. The molecule has 7 nitrogen and oxygen atoms in total. The normalized spacial score (nSPS) is 15.8. The third-order valence-electron chi connectivity index (χ3n) is 7.65. The maximum absolute atomic E-state index is 13.6. The van der Waals surface area contributed by atoms with Crippen molar-refractivity contribution >= 4 is 17.7 Å². The molecule has 0 aromatic heterocycles. The van der Waals surface area contributed by atoms with E-state index in [0.717, 1.165) is 42.6 Å². The van der Waals surface area contributed by atoms with E-state index in [9.17, 15) is 18.8 Å². The topological polar surface area (TPSA) is 96.5 Å². The summed E-state index contributed by atoms with van der Waals surface area (Å²) in [6, 6.07) is 12.7. The van der Waals surface area contributed by atoms with E-state index in [0.29, 0.717) is 31.9 Å². The van der Waals surface area contributed by atoms with Crippen molar-refractivity contribution in [1.82, 2.24) is 16.0 Å². The third kappa shape index (κ3) is 10.8. The zero-order valence-corrected chi connectivity index (χ0v) is 25.8. The average Bonchev–Trinajstić information content (AvgIpc) is 3.77. The van der Waals surface area contributed by atoms with Crippen LogP contribution in [0.25, 0.3) is 0 Å². The van der Waals surface area contributed by atoms with Crippen LogP contribution in [0.15, 0.2) is 48.5 Å². The summed E-state index contributed by atoms with van der Waals surface area (Å²) >= 11 is 0. The molecule has 1 saturated carbocycles. The number of benzene rings is 2. The molecule has 8 heteroatoms. The standard InChI is InChI=1S/C34H48FN3O4/c1-6-16-42-30-13-8-7-11-27(30)17-23(4)21-36-33(40)29(20-25-14-15-25)37-34(41)31(22(2)3)38-32(39)24(5)18-26-10-9-12-28(35)19-26/h7-13,19,22-25,29,31H,6,14-18,20-21H2,1-5H3,(H,36,40)(H,37,41)(H,38,39)/t23-,24+,29-,31+/m0/s1. The summed E-state index contributed by atoms with van der Waals surface area (Å²) in [5.74, 6) is -0.380. The van der Waals surface area contributed by atoms with E-state index in [1.807, 2.05) is 32.0 Å². The number of hydrogen-bond acceptors (Lipinski definition) is 4. The second-order valence-corrected chi connectivity index (χ2v) is 12.2. The number of rotatable bonds is 17. The highest BCUT2D eigenvalue weighted by Crippen LogP contribution is 2.33. The van der Waals surface area contributed by atoms with E-state index < -0.39 is 18.0 Å². The lowest BCUT2D eigenvalue weighted by Crippen LogP contribution is -2.56. The minimum absolute atomic E-state index is 0.167. The summed E-state index contributed by atoms with van der Waals surface area (Å²) in [7, 11) is 0. The first-order chi connectivity index (χ1) is 20.1. The van der Waals surface area contributed by atoms with Crippen LogP contribution in [0.2, 0.25) is 0 Å². The highest BCUT2D eigenvalue weighted by molar-refractivity contribution is 5.92. The van der Waals surface area contributed by atoms with Crippen LogP contribution < -0.4 is 20.7 Å². The zero-order valence-electron chi connectivity index (χ0n) is 25.8. The van der Waals surface area contributed by atoms with Crippen LogP contribution in [-0.4, -0.2) is 43.0 Å². The predicted octanol–water partition coefficient (Wildman–Crippen LogP) is 5.21. The Kier molecular flexibility index (Phi) is 12.8. The van der Waals surface area contributed by atoms with Crippen LogP contribution in [0.1, 0.15) is 71.4 Å². The molecule has 0 aliphatic heterocycles. The quantitative estimate of drug-likeness (QED) is 0.239. The third-order valence-corrected chi connectivity index (χ3v) is 7.65. The van der Waals surface area contributed by atoms with Gasteiger partial charge in [0.25, 0.3) is 0 Å². The minimum atomic E-state index is -0.791. The number of ether oxygens (including phenoxy) is 1. The Morgan fingerprint density at radius 2 is 1.67 bits per heavy atom. The van der Waals surface area contributed by atoms with Crippen LogP contribution >= 0.6 is 0 Å². The van der Waals surface area contributed by atoms with Gasteiger partial charge in [-0.3, -0.25) is 14.4 Å². The summed E-state index contributed by atoms with van der Waals surface area (Å²) in [5, 5.41) is 8.87. The Bertz CT molecular complexity index is 1180. The van der Waals surface area contributed by atoms with Crippen molar-refractivity contribution in [2.24, 2.45) is 23.7 Å². The molecule has 1 fully saturated rings. The number of carbonyl (C=O) groups is 3. The number of amides is 3. The Morgan fingerprint density at radius 1 is 0.929 bits per heavy atom. The number of nitrogens with one attached hydrogen (secondary N) is 3. The summed E-state index contributed by atoms with van der Waals surface area (Å²) in [6.07, 6.45) is 4.72. The molecule has 0 bridgehead atoms. The average molecular weight is 582 g/mol. The summed E-state index contributed by atoms with van der Waals surface area (Å²) in [5.41, 5.74) is 1.83. The van der Waals surface area contributed by atoms with E-state index in [-0.39, 0.29) is 35.4 Å². The zero-order chi connectivity index (χ0) is 30.6. The van der Waals surface area contributed by atoms with Crippen molar-refractivity contribution < 1.29 is 23.5 Å². The fourth-order valence-corrected chi connectivity index (χ4v) is 4.99. The molecule has 42 heavy (non-hydrogen) atoms. The number of para-hydroxylation sites is 1. The van der Waals surface area contributed by atoms with Gasteiger partial charge in [0.05, 0.1) is 6.61 Å². The molecule has 0 saturated heterocycles. The van der Waals surface area contributed by atoms with Gasteiger partial charge in [0, 0.05) is 12.5 Å². The lowest BCUT2D eigenvalue weighted by molar-refractivity contribution is -0.134. The van der Waals surface area contributed by atoms with Crippen molar-refractivity contribution in [3.05, 3.63) is 65.5 Å². The van der Waals surface area contributed by atoms with Crippen LogP contribution in [-0.2, 0) is 27.2 Å². The largest absolute Gasteiger partial charge is 0.493 e. The molecule has 0 radical (unpaired) electrons. The summed E-state index contributed by atoms with van der Waals surface area (Å²) in [6.45, 7) is 10.8. The van der Waals surface area contributed by atoms with Crippen LogP contribution in [0.4, 0.5) is 4.39 Å². The summed E-state index contributed by atoms with van der Waals surface area (Å²) < 4.78 is 19.5. The van der Waals surface area contributed by atoms with Crippen LogP contribution in [0.3, 0.4) is 0 Å². The monoisotopic (exact) mass is 581 g/mol. The van der Waals surface area contributed by atoms with Gasteiger partial charge in [0.2, 0.25) is 17.7 Å². The van der Waals surface area contributed by atoms with E-state index in [4.69, 9.17) is 4.74 Å². The molecule has 0 unspecified atom stereocenters. The van der Waals surface area contributed by atoms with Crippen molar-refractivity contribution in [2.45, 2.75) is 85.2 Å². The smallest absolute Gasteiger partial charge is 0.243 e. The van der Waals surface area contributed by atoms with Crippen molar-refractivity contribution in [1.29, 1.82) is 0 Å². The molecule has 4 atom stereocenters. The Labute approximate surface area is 250 Å². The molecular weight excluding hydrogens is 533 g/mol. The molecule has 2 aromatic rings. The van der Waals surface area contributed by atoms with E-state index >= 15 is 0 Å². The molecule has 3 N–H and O–H groups in total. The van der Waals surface area contributed by atoms with Gasteiger partial charge in [0.1, 0.15) is 23.7 Å². The molecule has 0 spiro atoms. The van der Waals surface area contributed by atoms with E-state index in [2.05, 4.69) is 35.9 Å². The first-order valence-electron chi connectivity index (χ1n) is 15.4. The molecule has 3 amide bonds. The Balaban J connectivity index is 1.57. The second-order valence-electron chi connectivity index (χ2n) is 12.2. The highest BCUT2D eigenvalue weighted by atomic mass is 19.1. The van der Waals surface area contributed by atoms with Crippen molar-refractivity contribution in [3.63, 3.8) is 0 Å². The highest BCUT2D eigenvalue weighted by Gasteiger charge is 2.34. The first-order valence-corrected chi connectivity index (χ1v) is 15.4. The predicted molar refractivity (Wildman–Crippen MR) is 163 cm³/mol. The van der Waals surface area contributed by atoms with Crippen LogP contribution in [0, 0.1) is 29.5 Å². The molecule has 230 valence electrons. The van der Waals surface area contributed by atoms with Gasteiger partial charge in [-0.2, -0.15) is 0 Å². The van der Waals surface area contributed by atoms with Gasteiger partial charge >= 0.3 is 0 Å². The molecule has 0 heterocycles. The van der Waals surface area contributed by atoms with Gasteiger partial charge in [-0.15, -0.1) is 0 Å². The van der Waals surface area contributed by atoms with E-state index in [1.165, 1.54) is 12.1 Å². The Morgan fingerprint density at radius 3 is 2.33 bits per heavy atom. The number of carbonyl (C=O) groups excluding carboxylic acids is 3. The van der Waals surface area contributed by atoms with Crippen LogP contribution in [0.5, 0.6) is 5.75 Å². The van der Waals surface area contributed by atoms with E-state index in [1.54, 1.807) is 19.1 Å². The minimum Gasteiger partial charge on any atom is -0.493 e. The second kappa shape index (κ2) is 16.3. The van der Waals surface area contributed by atoms with Gasteiger partial charge in [-0.05, 0) is 72.8 Å². The first kappa shape index (κ1) is 33.1. The van der Waals surface area contributed by atoms with Gasteiger partial charge in [-0.25, -0.2) is 4.39 Å². The molecule has 1 aliphatic rings. The molecule has 1 aliphatic carbocycles. The summed E-state index contributed by atoms with van der Waals surface area (Å²) in [4.78, 5) is 39.7. The van der Waals surface area contributed by atoms with Gasteiger partial charge < -0.3 is 20.7 Å². The fraction of sp³-hybridized carbons (Fsp3) is 0.559. The maximum Gasteiger partial charge on any atom is 0.243 e. The van der Waals surface area contributed by atoms with Gasteiger partial charge in [-0.1, -0.05) is 77.8 Å². The Hall–Kier alpha value is -3.42. The SMILES string of the molecule is CCCOc1ccccc1C[C@H](C)CNC(=O)[C@H](CC1CC1)NC(=O)[C@H](NC(=O)[C@H](C)Cc1cccc(F)c1)C(C)C.